The van der Waals surface area contributed by atoms with Crippen molar-refractivity contribution < 1.29 is 21.2 Å². The summed E-state index contributed by atoms with van der Waals surface area (Å²) in [6.45, 7) is 0.162. The van der Waals surface area contributed by atoms with Crippen LogP contribution in [0.25, 0.3) is 0 Å². The van der Waals surface area contributed by atoms with Crippen molar-refractivity contribution in [2.24, 2.45) is 5.14 Å². The molecule has 3 rings (SSSR count). The van der Waals surface area contributed by atoms with Gasteiger partial charge in [-0.1, -0.05) is 0 Å². The number of rotatable bonds is 3. The lowest BCUT2D eigenvalue weighted by Crippen LogP contribution is -2.29. The lowest BCUT2D eigenvalue weighted by Gasteiger charge is -2.20. The van der Waals surface area contributed by atoms with Crippen molar-refractivity contribution in [3.63, 3.8) is 0 Å². The lowest BCUT2D eigenvalue weighted by atomic mass is 10.2. The highest BCUT2D eigenvalue weighted by Gasteiger charge is 2.32. The van der Waals surface area contributed by atoms with Gasteiger partial charge in [-0.25, -0.2) is 26.4 Å². The third-order valence-corrected chi connectivity index (χ3v) is 7.40. The van der Waals surface area contributed by atoms with Crippen molar-refractivity contribution >= 4 is 41.7 Å². The van der Waals surface area contributed by atoms with Gasteiger partial charge in [0.05, 0.1) is 10.6 Å². The van der Waals surface area contributed by atoms with Gasteiger partial charge in [0.2, 0.25) is 10.0 Å². The Morgan fingerprint density at radius 3 is 2.42 bits per heavy atom. The summed E-state index contributed by atoms with van der Waals surface area (Å²) in [5.41, 5.74) is 0.960. The molecule has 0 aromatic heterocycles. The maximum absolute atomic E-state index is 13.2. The second-order valence-electron chi connectivity index (χ2n) is 5.24. The van der Waals surface area contributed by atoms with Gasteiger partial charge in [0.15, 0.2) is 0 Å². The van der Waals surface area contributed by atoms with Crippen molar-refractivity contribution in [1.29, 1.82) is 0 Å². The Bertz CT molecular complexity index is 1040. The van der Waals surface area contributed by atoms with E-state index in [0.29, 0.717) is 17.7 Å². The number of nitrogens with two attached hydrogens (primary N) is 1. The molecule has 2 N–H and O–H groups in total. The monoisotopic (exact) mass is 434 g/mol. The number of anilines is 1. The standard InChI is InChI=1S/C14H12BrFN2O4S2/c15-12-8-10(16)1-4-14(12)24(21,22)18-6-5-9-7-11(23(17,19)20)2-3-13(9)18/h1-4,7-8H,5-6H2,(H2,17,19,20). The normalized spacial score (nSPS) is 14.7. The van der Waals surface area contributed by atoms with E-state index in [1.807, 2.05) is 0 Å². The van der Waals surface area contributed by atoms with Gasteiger partial charge in [-0.2, -0.15) is 0 Å². The molecule has 0 aliphatic carbocycles. The molecule has 0 amide bonds. The van der Waals surface area contributed by atoms with Crippen LogP contribution in [0.5, 0.6) is 0 Å². The minimum absolute atomic E-state index is 0.0627. The van der Waals surface area contributed by atoms with Crippen LogP contribution in [0.2, 0.25) is 0 Å². The Morgan fingerprint density at radius 2 is 1.79 bits per heavy atom. The predicted molar refractivity (Wildman–Crippen MR) is 90.2 cm³/mol. The van der Waals surface area contributed by atoms with Crippen molar-refractivity contribution in [3.05, 3.63) is 52.3 Å². The highest BCUT2D eigenvalue weighted by molar-refractivity contribution is 9.10. The third kappa shape index (κ3) is 2.94. The van der Waals surface area contributed by atoms with E-state index in [4.69, 9.17) is 5.14 Å². The molecule has 1 heterocycles. The maximum atomic E-state index is 13.2. The van der Waals surface area contributed by atoms with Gasteiger partial charge in [0, 0.05) is 11.0 Å². The minimum atomic E-state index is -3.91. The van der Waals surface area contributed by atoms with Crippen LogP contribution in [-0.2, 0) is 26.5 Å². The van der Waals surface area contributed by atoms with Crippen LogP contribution >= 0.6 is 15.9 Å². The van der Waals surface area contributed by atoms with E-state index < -0.39 is 25.9 Å². The molecule has 0 unspecified atom stereocenters. The van der Waals surface area contributed by atoms with Gasteiger partial charge in [0.25, 0.3) is 10.0 Å². The van der Waals surface area contributed by atoms with E-state index in [1.54, 1.807) is 0 Å². The summed E-state index contributed by atoms with van der Waals surface area (Å²) in [4.78, 5) is -0.129. The van der Waals surface area contributed by atoms with Gasteiger partial charge < -0.3 is 0 Å². The van der Waals surface area contributed by atoms with Crippen molar-refractivity contribution in [3.8, 4) is 0 Å². The van der Waals surface area contributed by atoms with E-state index >= 15 is 0 Å². The van der Waals surface area contributed by atoms with Gasteiger partial charge in [-0.15, -0.1) is 0 Å². The molecular weight excluding hydrogens is 423 g/mol. The zero-order chi connectivity index (χ0) is 17.7. The van der Waals surface area contributed by atoms with E-state index in [1.165, 1.54) is 28.6 Å². The largest absolute Gasteiger partial charge is 0.266 e. The average Bonchev–Trinajstić information content (AvgIpc) is 2.89. The number of nitrogens with zero attached hydrogens (tertiary/aromatic N) is 1. The number of primary sulfonamides is 1. The Hall–Kier alpha value is -1.49. The highest BCUT2D eigenvalue weighted by atomic mass is 79.9. The van der Waals surface area contributed by atoms with Gasteiger partial charge in [-0.3, -0.25) is 4.31 Å². The summed E-state index contributed by atoms with van der Waals surface area (Å²) in [7, 11) is -7.77. The zero-order valence-corrected chi connectivity index (χ0v) is 15.3. The van der Waals surface area contributed by atoms with E-state index in [2.05, 4.69) is 15.9 Å². The van der Waals surface area contributed by atoms with Crippen molar-refractivity contribution in [1.82, 2.24) is 0 Å². The molecule has 0 spiro atoms. The molecule has 0 saturated heterocycles. The first-order chi connectivity index (χ1) is 11.1. The quantitative estimate of drug-likeness (QED) is 0.798. The number of sulfonamides is 2. The van der Waals surface area contributed by atoms with Crippen LogP contribution < -0.4 is 9.44 Å². The van der Waals surface area contributed by atoms with Crippen LogP contribution in [0.1, 0.15) is 5.56 Å². The summed E-state index contributed by atoms with van der Waals surface area (Å²) < 4.78 is 63.0. The zero-order valence-electron chi connectivity index (χ0n) is 12.1. The van der Waals surface area contributed by atoms with E-state index in [0.717, 1.165) is 12.1 Å². The lowest BCUT2D eigenvalue weighted by molar-refractivity contribution is 0.590. The number of halogens is 2. The van der Waals surface area contributed by atoms with E-state index in [9.17, 15) is 21.2 Å². The fraction of sp³-hybridized carbons (Fsp3) is 0.143. The summed E-state index contributed by atoms with van der Waals surface area (Å²) >= 11 is 3.07. The van der Waals surface area contributed by atoms with E-state index in [-0.39, 0.29) is 20.8 Å². The smallest absolute Gasteiger partial charge is 0.265 e. The number of fused-ring (bicyclic) bond motifs is 1. The fourth-order valence-corrected chi connectivity index (χ4v) is 5.66. The van der Waals surface area contributed by atoms with Crippen LogP contribution in [0.15, 0.2) is 50.7 Å². The molecule has 0 saturated carbocycles. The van der Waals surface area contributed by atoms with Crippen LogP contribution in [0.4, 0.5) is 10.1 Å². The first-order valence-corrected chi connectivity index (χ1v) is 10.5. The summed E-state index contributed by atoms with van der Waals surface area (Å²) in [5, 5.41) is 5.10. The molecular formula is C14H12BrFN2O4S2. The minimum Gasteiger partial charge on any atom is -0.266 e. The number of hydrogen-bond acceptors (Lipinski definition) is 4. The summed E-state index contributed by atoms with van der Waals surface area (Å²) in [5.74, 6) is -0.555. The number of benzene rings is 2. The van der Waals surface area contributed by atoms with Gasteiger partial charge in [0.1, 0.15) is 10.7 Å². The number of hydrogen-bond donors (Lipinski definition) is 1. The van der Waals surface area contributed by atoms with Crippen LogP contribution in [0.3, 0.4) is 0 Å². The van der Waals surface area contributed by atoms with Gasteiger partial charge >= 0.3 is 0 Å². The summed E-state index contributed by atoms with van der Waals surface area (Å²) in [6, 6.07) is 7.39. The molecule has 0 fully saturated rings. The van der Waals surface area contributed by atoms with Crippen LogP contribution in [0, 0.1) is 5.82 Å². The molecule has 24 heavy (non-hydrogen) atoms. The Kier molecular flexibility index (Phi) is 4.19. The molecule has 10 heteroatoms. The molecule has 6 nitrogen and oxygen atoms in total. The third-order valence-electron chi connectivity index (χ3n) is 3.69. The van der Waals surface area contributed by atoms with Crippen molar-refractivity contribution in [2.75, 3.05) is 10.8 Å². The average molecular weight is 435 g/mol. The fourth-order valence-electron chi connectivity index (χ4n) is 2.58. The highest BCUT2D eigenvalue weighted by Crippen LogP contribution is 2.36. The van der Waals surface area contributed by atoms with Crippen LogP contribution in [-0.4, -0.2) is 23.4 Å². The molecule has 1 aliphatic heterocycles. The molecule has 0 radical (unpaired) electrons. The molecule has 2 aromatic rings. The Morgan fingerprint density at radius 1 is 1.08 bits per heavy atom. The first kappa shape index (κ1) is 17.3. The first-order valence-electron chi connectivity index (χ1n) is 6.74. The molecule has 128 valence electrons. The summed E-state index contributed by atoms with van der Waals surface area (Å²) in [6.07, 6.45) is 0.358. The molecule has 0 bridgehead atoms. The SMILES string of the molecule is NS(=O)(=O)c1ccc2c(c1)CCN2S(=O)(=O)c1ccc(F)cc1Br. The predicted octanol–water partition coefficient (Wildman–Crippen LogP) is 1.99. The molecule has 0 atom stereocenters. The molecule has 2 aromatic carbocycles. The van der Waals surface area contributed by atoms with Crippen molar-refractivity contribution in [2.45, 2.75) is 16.2 Å². The Labute approximate surface area is 147 Å². The molecule has 1 aliphatic rings. The second-order valence-corrected chi connectivity index (χ2v) is 9.48. The second kappa shape index (κ2) is 5.80. The van der Waals surface area contributed by atoms with Gasteiger partial charge in [-0.05, 0) is 64.3 Å². The Balaban J connectivity index is 2.08. The maximum Gasteiger partial charge on any atom is 0.265 e. The topological polar surface area (TPSA) is 97.5 Å².